The molecule has 6 nitrogen and oxygen atoms in total. The van der Waals surface area contributed by atoms with E-state index < -0.39 is 10.0 Å². The Labute approximate surface area is 132 Å². The van der Waals surface area contributed by atoms with Crippen molar-refractivity contribution in [3.05, 3.63) is 24.3 Å². The maximum Gasteiger partial charge on any atom is 0.243 e. The number of rotatable bonds is 8. The number of nitrogens with zero attached hydrogens (tertiary/aromatic N) is 1. The lowest BCUT2D eigenvalue weighted by Crippen LogP contribution is -2.42. The van der Waals surface area contributed by atoms with Crippen LogP contribution in [0.4, 0.5) is 0 Å². The molecule has 22 heavy (non-hydrogen) atoms. The van der Waals surface area contributed by atoms with Crippen molar-refractivity contribution in [1.82, 2.24) is 9.62 Å². The van der Waals surface area contributed by atoms with Crippen LogP contribution in [0, 0.1) is 0 Å². The Kier molecular flexibility index (Phi) is 6.83. The summed E-state index contributed by atoms with van der Waals surface area (Å²) in [6.45, 7) is 3.75. The number of carbonyl (C=O) groups excluding carboxylic acids is 1. The predicted octanol–water partition coefficient (Wildman–Crippen LogP) is 1.62. The van der Waals surface area contributed by atoms with Gasteiger partial charge < -0.3 is 10.1 Å². The Morgan fingerprint density at radius 3 is 2.23 bits per heavy atom. The van der Waals surface area contributed by atoms with Crippen LogP contribution in [0.15, 0.2) is 29.2 Å². The molecule has 0 spiro atoms. The lowest BCUT2D eigenvalue weighted by atomic mass is 10.2. The fourth-order valence-electron chi connectivity index (χ4n) is 1.98. The number of likely N-dealkylation sites (N-methyl/N-ethyl adjacent to an activating group) is 1. The van der Waals surface area contributed by atoms with Crippen LogP contribution in [0.2, 0.25) is 0 Å². The van der Waals surface area contributed by atoms with Gasteiger partial charge in [-0.05, 0) is 37.1 Å². The molecule has 0 atom stereocenters. The van der Waals surface area contributed by atoms with E-state index in [0.29, 0.717) is 5.75 Å². The van der Waals surface area contributed by atoms with Gasteiger partial charge >= 0.3 is 0 Å². The molecule has 0 heterocycles. The second-order valence-corrected chi connectivity index (χ2v) is 7.06. The van der Waals surface area contributed by atoms with Crippen LogP contribution in [0.25, 0.3) is 0 Å². The molecule has 0 aliphatic carbocycles. The van der Waals surface area contributed by atoms with E-state index in [4.69, 9.17) is 4.74 Å². The number of amides is 1. The molecule has 1 N–H and O–H groups in total. The number of hydrogen-bond acceptors (Lipinski definition) is 4. The zero-order valence-electron chi connectivity index (χ0n) is 13.5. The van der Waals surface area contributed by atoms with E-state index in [0.717, 1.165) is 17.1 Å². The zero-order valence-corrected chi connectivity index (χ0v) is 14.3. The molecule has 0 bridgehead atoms. The molecule has 0 aliphatic rings. The summed E-state index contributed by atoms with van der Waals surface area (Å²) in [5.41, 5.74) is 0. The number of methoxy groups -OCH3 is 1. The average molecular weight is 328 g/mol. The molecule has 1 aromatic carbocycles. The second kappa shape index (κ2) is 8.14. The van der Waals surface area contributed by atoms with E-state index in [9.17, 15) is 13.2 Å². The molecular weight excluding hydrogens is 304 g/mol. The van der Waals surface area contributed by atoms with Gasteiger partial charge in [0.1, 0.15) is 5.75 Å². The number of carbonyl (C=O) groups is 1. The van der Waals surface area contributed by atoms with E-state index in [-0.39, 0.29) is 23.4 Å². The highest BCUT2D eigenvalue weighted by Crippen LogP contribution is 2.18. The first-order valence-electron chi connectivity index (χ1n) is 7.24. The largest absolute Gasteiger partial charge is 0.497 e. The standard InChI is InChI=1S/C15H24N2O4S/c1-5-12(6-2)16-15(18)11-17(3)22(19,20)14-9-7-13(21-4)8-10-14/h7-10,12H,5-6,11H2,1-4H3,(H,16,18). The van der Waals surface area contributed by atoms with Gasteiger partial charge in [-0.1, -0.05) is 13.8 Å². The molecule has 0 aliphatic heterocycles. The van der Waals surface area contributed by atoms with E-state index >= 15 is 0 Å². The van der Waals surface area contributed by atoms with Gasteiger partial charge in [-0.15, -0.1) is 0 Å². The summed E-state index contributed by atoms with van der Waals surface area (Å²) in [6.07, 6.45) is 1.63. The van der Waals surface area contributed by atoms with E-state index in [1.807, 2.05) is 13.8 Å². The summed E-state index contributed by atoms with van der Waals surface area (Å²) in [5.74, 6) is 0.279. The SMILES string of the molecule is CCC(CC)NC(=O)CN(C)S(=O)(=O)c1ccc(OC)cc1. The number of benzene rings is 1. The lowest BCUT2D eigenvalue weighted by Gasteiger charge is -2.19. The summed E-state index contributed by atoms with van der Waals surface area (Å²) in [5, 5.41) is 2.82. The first-order chi connectivity index (χ1) is 10.3. The Balaban J connectivity index is 2.77. The van der Waals surface area contributed by atoms with Crippen LogP contribution in [-0.4, -0.2) is 45.4 Å². The minimum atomic E-state index is -3.69. The van der Waals surface area contributed by atoms with Crippen molar-refractivity contribution in [3.63, 3.8) is 0 Å². The lowest BCUT2D eigenvalue weighted by molar-refractivity contribution is -0.121. The molecule has 0 aromatic heterocycles. The minimum absolute atomic E-state index is 0.0737. The van der Waals surface area contributed by atoms with Crippen LogP contribution in [0.5, 0.6) is 5.75 Å². The fraction of sp³-hybridized carbons (Fsp3) is 0.533. The van der Waals surface area contributed by atoms with Crippen molar-refractivity contribution >= 4 is 15.9 Å². The Bertz CT molecular complexity index is 580. The molecule has 7 heteroatoms. The summed E-state index contributed by atoms with van der Waals surface area (Å²) in [7, 11) is -0.785. The summed E-state index contributed by atoms with van der Waals surface area (Å²) < 4.78 is 30.8. The van der Waals surface area contributed by atoms with E-state index in [1.54, 1.807) is 12.1 Å². The maximum absolute atomic E-state index is 12.4. The van der Waals surface area contributed by atoms with Crippen LogP contribution >= 0.6 is 0 Å². The van der Waals surface area contributed by atoms with E-state index in [1.165, 1.54) is 26.3 Å². The topological polar surface area (TPSA) is 75.7 Å². The first kappa shape index (κ1) is 18.4. The fourth-order valence-corrected chi connectivity index (χ4v) is 3.11. The molecular formula is C15H24N2O4S. The third-order valence-corrected chi connectivity index (χ3v) is 5.30. The Morgan fingerprint density at radius 2 is 1.77 bits per heavy atom. The van der Waals surface area contributed by atoms with Crippen molar-refractivity contribution < 1.29 is 17.9 Å². The third-order valence-electron chi connectivity index (χ3n) is 3.48. The maximum atomic E-state index is 12.4. The molecule has 0 radical (unpaired) electrons. The molecule has 0 unspecified atom stereocenters. The van der Waals surface area contributed by atoms with Gasteiger partial charge in [0.2, 0.25) is 15.9 Å². The Hall–Kier alpha value is -1.60. The van der Waals surface area contributed by atoms with Crippen molar-refractivity contribution in [1.29, 1.82) is 0 Å². The van der Waals surface area contributed by atoms with Gasteiger partial charge in [-0.2, -0.15) is 4.31 Å². The van der Waals surface area contributed by atoms with Gasteiger partial charge in [0.25, 0.3) is 0 Å². The molecule has 0 saturated carbocycles. The normalized spacial score (nSPS) is 11.7. The van der Waals surface area contributed by atoms with Crippen LogP contribution in [0.1, 0.15) is 26.7 Å². The van der Waals surface area contributed by atoms with Gasteiger partial charge in [0, 0.05) is 13.1 Å². The zero-order chi connectivity index (χ0) is 16.8. The molecule has 1 amide bonds. The quantitative estimate of drug-likeness (QED) is 0.787. The highest BCUT2D eigenvalue weighted by atomic mass is 32.2. The summed E-state index contributed by atoms with van der Waals surface area (Å²) in [6, 6.07) is 6.15. The minimum Gasteiger partial charge on any atom is -0.497 e. The van der Waals surface area contributed by atoms with Crippen LogP contribution < -0.4 is 10.1 Å². The van der Waals surface area contributed by atoms with Crippen molar-refractivity contribution in [2.24, 2.45) is 0 Å². The predicted molar refractivity (Wildman–Crippen MR) is 85.3 cm³/mol. The van der Waals surface area contributed by atoms with Gasteiger partial charge in [0.15, 0.2) is 0 Å². The molecule has 1 rings (SSSR count). The highest BCUT2D eigenvalue weighted by Gasteiger charge is 2.23. The third kappa shape index (κ3) is 4.71. The Morgan fingerprint density at radius 1 is 1.23 bits per heavy atom. The monoisotopic (exact) mass is 328 g/mol. The average Bonchev–Trinajstić information content (AvgIpc) is 2.52. The smallest absolute Gasteiger partial charge is 0.243 e. The highest BCUT2D eigenvalue weighted by molar-refractivity contribution is 7.89. The van der Waals surface area contributed by atoms with E-state index in [2.05, 4.69) is 5.32 Å². The summed E-state index contributed by atoms with van der Waals surface area (Å²) >= 11 is 0. The number of nitrogens with one attached hydrogen (secondary N) is 1. The van der Waals surface area contributed by atoms with Crippen molar-refractivity contribution in [2.45, 2.75) is 37.6 Å². The molecule has 1 aromatic rings. The van der Waals surface area contributed by atoms with Crippen molar-refractivity contribution in [3.8, 4) is 5.75 Å². The number of ether oxygens (including phenoxy) is 1. The van der Waals surface area contributed by atoms with Crippen molar-refractivity contribution in [2.75, 3.05) is 20.7 Å². The van der Waals surface area contributed by atoms with Crippen LogP contribution in [0.3, 0.4) is 0 Å². The molecule has 0 saturated heterocycles. The van der Waals surface area contributed by atoms with Crippen LogP contribution in [-0.2, 0) is 14.8 Å². The van der Waals surface area contributed by atoms with Gasteiger partial charge in [-0.3, -0.25) is 4.79 Å². The van der Waals surface area contributed by atoms with Gasteiger partial charge in [-0.25, -0.2) is 8.42 Å². The second-order valence-electron chi connectivity index (χ2n) is 5.02. The van der Waals surface area contributed by atoms with Gasteiger partial charge in [0.05, 0.1) is 18.6 Å². The molecule has 0 fully saturated rings. The number of hydrogen-bond donors (Lipinski definition) is 1. The summed E-state index contributed by atoms with van der Waals surface area (Å²) in [4.78, 5) is 12.1. The molecule has 124 valence electrons. The first-order valence-corrected chi connectivity index (χ1v) is 8.68. The number of sulfonamides is 1.